The summed E-state index contributed by atoms with van der Waals surface area (Å²) < 4.78 is 0. The van der Waals surface area contributed by atoms with Gasteiger partial charge in [-0.15, -0.1) is 0 Å². The monoisotopic (exact) mass is 295 g/mol. The van der Waals surface area contributed by atoms with E-state index in [2.05, 4.69) is 5.32 Å². The maximum atomic E-state index is 12.4. The van der Waals surface area contributed by atoms with Crippen LogP contribution in [0.2, 0.25) is 0 Å². The number of hydrogen-bond acceptors (Lipinski definition) is 2. The summed E-state index contributed by atoms with van der Waals surface area (Å²) in [5.41, 5.74) is 4.81. The van der Waals surface area contributed by atoms with Gasteiger partial charge in [-0.3, -0.25) is 4.79 Å². The van der Waals surface area contributed by atoms with E-state index in [1.807, 2.05) is 18.2 Å². The van der Waals surface area contributed by atoms with E-state index in [0.29, 0.717) is 11.3 Å². The maximum absolute atomic E-state index is 12.4. The van der Waals surface area contributed by atoms with Gasteiger partial charge in [0.1, 0.15) is 0 Å². The summed E-state index contributed by atoms with van der Waals surface area (Å²) in [4.78, 5) is 23.3. The van der Waals surface area contributed by atoms with Crippen molar-refractivity contribution in [3.8, 4) is 0 Å². The Balaban J connectivity index is 1.81. The van der Waals surface area contributed by atoms with Gasteiger partial charge in [0.25, 0.3) is 5.91 Å². The minimum Gasteiger partial charge on any atom is -0.478 e. The topological polar surface area (TPSA) is 66.4 Å². The number of carbonyl (C=O) groups excluding carboxylic acids is 1. The molecule has 0 aliphatic heterocycles. The first kappa shape index (κ1) is 14.3. The van der Waals surface area contributed by atoms with E-state index in [-0.39, 0.29) is 11.5 Å². The molecule has 0 unspecified atom stereocenters. The number of hydrogen-bond donors (Lipinski definition) is 2. The molecule has 2 N–H and O–H groups in total. The van der Waals surface area contributed by atoms with Crippen LogP contribution in [0.25, 0.3) is 0 Å². The number of carbonyl (C=O) groups is 2. The Bertz CT molecular complexity index is 765. The summed E-state index contributed by atoms with van der Waals surface area (Å²) >= 11 is 0. The molecule has 3 rings (SSSR count). The normalized spacial score (nSPS) is 12.8. The quantitative estimate of drug-likeness (QED) is 0.911. The number of nitrogens with one attached hydrogen (secondary N) is 1. The summed E-state index contributed by atoms with van der Waals surface area (Å²) in [5, 5.41) is 11.8. The van der Waals surface area contributed by atoms with E-state index in [9.17, 15) is 9.59 Å². The van der Waals surface area contributed by atoms with Crippen LogP contribution in [0.1, 0.15) is 43.8 Å². The number of fused-ring (bicyclic) bond motifs is 1. The average Bonchev–Trinajstić information content (AvgIpc) is 2.96. The van der Waals surface area contributed by atoms with E-state index in [1.54, 1.807) is 19.1 Å². The number of amides is 1. The molecule has 1 amide bonds. The average molecular weight is 295 g/mol. The summed E-state index contributed by atoms with van der Waals surface area (Å²) in [7, 11) is 0. The predicted octanol–water partition coefficient (Wildman–Crippen LogP) is 3.43. The fraction of sp³-hybridized carbons (Fsp3) is 0.222. The van der Waals surface area contributed by atoms with Crippen molar-refractivity contribution in [2.45, 2.75) is 26.2 Å². The molecule has 2 aromatic rings. The molecule has 4 heteroatoms. The molecule has 1 aliphatic rings. The molecule has 112 valence electrons. The molecule has 2 aromatic carbocycles. The third kappa shape index (κ3) is 2.72. The largest absolute Gasteiger partial charge is 0.478 e. The van der Waals surface area contributed by atoms with Gasteiger partial charge in [-0.2, -0.15) is 0 Å². The Labute approximate surface area is 128 Å². The molecule has 0 heterocycles. The second kappa shape index (κ2) is 5.64. The van der Waals surface area contributed by atoms with Crippen molar-refractivity contribution >= 4 is 17.6 Å². The lowest BCUT2D eigenvalue weighted by Crippen LogP contribution is -2.13. The highest BCUT2D eigenvalue weighted by Gasteiger charge is 2.15. The van der Waals surface area contributed by atoms with E-state index >= 15 is 0 Å². The summed E-state index contributed by atoms with van der Waals surface area (Å²) in [6.45, 7) is 1.78. The van der Waals surface area contributed by atoms with Gasteiger partial charge in [0.15, 0.2) is 0 Å². The van der Waals surface area contributed by atoms with Crippen LogP contribution >= 0.6 is 0 Å². The molecule has 0 saturated carbocycles. The third-order valence-electron chi connectivity index (χ3n) is 4.08. The Morgan fingerprint density at radius 3 is 2.45 bits per heavy atom. The number of anilines is 1. The number of carboxylic acids is 1. The fourth-order valence-electron chi connectivity index (χ4n) is 2.84. The second-order valence-electron chi connectivity index (χ2n) is 5.63. The van der Waals surface area contributed by atoms with Crippen LogP contribution < -0.4 is 5.32 Å². The van der Waals surface area contributed by atoms with Gasteiger partial charge in [0.05, 0.1) is 5.56 Å². The molecule has 1 aliphatic carbocycles. The first-order valence-corrected chi connectivity index (χ1v) is 7.32. The highest BCUT2D eigenvalue weighted by molar-refractivity contribution is 6.05. The van der Waals surface area contributed by atoms with Gasteiger partial charge in [0.2, 0.25) is 0 Å². The lowest BCUT2D eigenvalue weighted by Gasteiger charge is -2.10. The van der Waals surface area contributed by atoms with Gasteiger partial charge in [-0.05, 0) is 73.2 Å². The molecule has 0 aromatic heterocycles. The van der Waals surface area contributed by atoms with Crippen molar-refractivity contribution in [1.82, 2.24) is 0 Å². The fourth-order valence-corrected chi connectivity index (χ4v) is 2.84. The standard InChI is InChI=1S/C18H17NO3/c1-11-9-15(18(21)22)7-8-16(11)19-17(20)14-6-5-12-3-2-4-13(12)10-14/h5-10H,2-4H2,1H3,(H,19,20)(H,21,22). The first-order chi connectivity index (χ1) is 10.5. The lowest BCUT2D eigenvalue weighted by atomic mass is 10.1. The number of aryl methyl sites for hydroxylation is 3. The minimum atomic E-state index is -0.973. The van der Waals surface area contributed by atoms with Crippen molar-refractivity contribution in [1.29, 1.82) is 0 Å². The maximum Gasteiger partial charge on any atom is 0.335 e. The molecule has 0 radical (unpaired) electrons. The van der Waals surface area contributed by atoms with Crippen LogP contribution in [0.4, 0.5) is 5.69 Å². The Morgan fingerprint density at radius 2 is 1.73 bits per heavy atom. The van der Waals surface area contributed by atoms with E-state index in [1.165, 1.54) is 17.2 Å². The van der Waals surface area contributed by atoms with Gasteiger partial charge >= 0.3 is 5.97 Å². The molecular weight excluding hydrogens is 278 g/mol. The molecule has 0 saturated heterocycles. The van der Waals surface area contributed by atoms with Gasteiger partial charge in [0, 0.05) is 11.3 Å². The third-order valence-corrected chi connectivity index (χ3v) is 4.08. The molecule has 22 heavy (non-hydrogen) atoms. The molecule has 0 atom stereocenters. The zero-order valence-corrected chi connectivity index (χ0v) is 12.3. The van der Waals surface area contributed by atoms with Crippen LogP contribution in [-0.2, 0) is 12.8 Å². The predicted molar refractivity (Wildman–Crippen MR) is 84.6 cm³/mol. The van der Waals surface area contributed by atoms with Crippen LogP contribution in [0.5, 0.6) is 0 Å². The van der Waals surface area contributed by atoms with Crippen molar-refractivity contribution in [3.63, 3.8) is 0 Å². The Morgan fingerprint density at radius 1 is 1.00 bits per heavy atom. The first-order valence-electron chi connectivity index (χ1n) is 7.32. The smallest absolute Gasteiger partial charge is 0.335 e. The van der Waals surface area contributed by atoms with E-state index in [0.717, 1.165) is 24.8 Å². The van der Waals surface area contributed by atoms with Crippen LogP contribution in [0, 0.1) is 6.92 Å². The summed E-state index contributed by atoms with van der Waals surface area (Å²) in [6, 6.07) is 10.5. The Kier molecular flexibility index (Phi) is 3.67. The number of aromatic carboxylic acids is 1. The molecule has 0 bridgehead atoms. The molecule has 0 spiro atoms. The van der Waals surface area contributed by atoms with Crippen LogP contribution in [0.15, 0.2) is 36.4 Å². The van der Waals surface area contributed by atoms with Crippen molar-refractivity contribution in [3.05, 3.63) is 64.2 Å². The Hall–Kier alpha value is -2.62. The molecular formula is C18H17NO3. The lowest BCUT2D eigenvalue weighted by molar-refractivity contribution is 0.0696. The zero-order valence-electron chi connectivity index (χ0n) is 12.3. The zero-order chi connectivity index (χ0) is 15.7. The number of rotatable bonds is 3. The van der Waals surface area contributed by atoms with E-state index in [4.69, 9.17) is 5.11 Å². The highest BCUT2D eigenvalue weighted by atomic mass is 16.4. The summed E-state index contributed by atoms with van der Waals surface area (Å²) in [6.07, 6.45) is 3.27. The molecule has 4 nitrogen and oxygen atoms in total. The van der Waals surface area contributed by atoms with E-state index < -0.39 is 5.97 Å². The SMILES string of the molecule is Cc1cc(C(=O)O)ccc1NC(=O)c1ccc2c(c1)CCC2. The second-order valence-corrected chi connectivity index (χ2v) is 5.63. The van der Waals surface area contributed by atoms with Crippen molar-refractivity contribution in [2.24, 2.45) is 0 Å². The van der Waals surface area contributed by atoms with Gasteiger partial charge in [-0.1, -0.05) is 6.07 Å². The van der Waals surface area contributed by atoms with Crippen molar-refractivity contribution in [2.75, 3.05) is 5.32 Å². The van der Waals surface area contributed by atoms with Crippen LogP contribution in [-0.4, -0.2) is 17.0 Å². The number of carboxylic acid groups (broad SMARTS) is 1. The van der Waals surface area contributed by atoms with Gasteiger partial charge in [-0.25, -0.2) is 4.79 Å². The summed E-state index contributed by atoms with van der Waals surface area (Å²) in [5.74, 6) is -1.14. The van der Waals surface area contributed by atoms with Gasteiger partial charge < -0.3 is 10.4 Å². The minimum absolute atomic E-state index is 0.166. The van der Waals surface area contributed by atoms with Crippen LogP contribution in [0.3, 0.4) is 0 Å². The molecule has 0 fully saturated rings. The van der Waals surface area contributed by atoms with Crippen molar-refractivity contribution < 1.29 is 14.7 Å². The number of benzene rings is 2. The highest BCUT2D eigenvalue weighted by Crippen LogP contribution is 2.24.